The summed E-state index contributed by atoms with van der Waals surface area (Å²) in [6.45, 7) is 4.98. The highest BCUT2D eigenvalue weighted by atomic mass is 35.5. The quantitative estimate of drug-likeness (QED) is 0.317. The van der Waals surface area contributed by atoms with Gasteiger partial charge < -0.3 is 19.7 Å². The van der Waals surface area contributed by atoms with E-state index in [0.717, 1.165) is 16.1 Å². The molecule has 42 heavy (non-hydrogen) atoms. The van der Waals surface area contributed by atoms with Gasteiger partial charge in [0.25, 0.3) is 0 Å². The first-order valence-electron chi connectivity index (χ1n) is 13.3. The summed E-state index contributed by atoms with van der Waals surface area (Å²) in [6, 6.07) is 20.0. The number of benzene rings is 3. The number of halogens is 1. The monoisotopic (exact) mass is 615 g/mol. The summed E-state index contributed by atoms with van der Waals surface area (Å²) in [5.74, 6) is -0.248. The largest absolute Gasteiger partial charge is 0.493 e. The van der Waals surface area contributed by atoms with Gasteiger partial charge in [0, 0.05) is 29.6 Å². The molecule has 3 aromatic rings. The number of amides is 2. The summed E-state index contributed by atoms with van der Waals surface area (Å²) < 4.78 is 37.7. The lowest BCUT2D eigenvalue weighted by Crippen LogP contribution is -2.56. The Kier molecular flexibility index (Phi) is 10.9. The molecule has 0 saturated carbocycles. The minimum atomic E-state index is -3.94. The highest BCUT2D eigenvalue weighted by Crippen LogP contribution is 2.32. The van der Waals surface area contributed by atoms with Gasteiger partial charge in [0.2, 0.25) is 21.8 Å². The molecule has 1 unspecified atom stereocenters. The number of rotatable bonds is 12. The van der Waals surface area contributed by atoms with Gasteiger partial charge in [-0.1, -0.05) is 60.1 Å². The van der Waals surface area contributed by atoms with Crippen LogP contribution in [-0.4, -0.2) is 63.7 Å². The first-order valence-corrected chi connectivity index (χ1v) is 15.5. The molecule has 0 radical (unpaired) electrons. The van der Waals surface area contributed by atoms with Crippen molar-refractivity contribution in [2.45, 2.75) is 45.3 Å². The lowest BCUT2D eigenvalue weighted by atomic mass is 10.0. The van der Waals surface area contributed by atoms with E-state index in [1.54, 1.807) is 30.3 Å². The number of carbonyl (C=O) groups excluding carboxylic acids is 2. The molecule has 3 rings (SSSR count). The first-order chi connectivity index (χ1) is 19.7. The molecule has 226 valence electrons. The average Bonchev–Trinajstić information content (AvgIpc) is 2.93. The van der Waals surface area contributed by atoms with Gasteiger partial charge in [0.15, 0.2) is 11.5 Å². The second-order valence-electron chi connectivity index (χ2n) is 10.9. The Bertz CT molecular complexity index is 1490. The summed E-state index contributed by atoms with van der Waals surface area (Å²) in [5, 5.41) is 3.41. The Labute approximate surface area is 253 Å². The number of hydrogen-bond donors (Lipinski definition) is 1. The van der Waals surface area contributed by atoms with E-state index >= 15 is 0 Å². The number of sulfonamides is 1. The van der Waals surface area contributed by atoms with Crippen LogP contribution in [0, 0.1) is 0 Å². The highest BCUT2D eigenvalue weighted by Gasteiger charge is 2.34. The molecular weight excluding hydrogens is 578 g/mol. The average molecular weight is 616 g/mol. The molecule has 11 heteroatoms. The van der Waals surface area contributed by atoms with Crippen LogP contribution in [0.4, 0.5) is 5.69 Å². The van der Waals surface area contributed by atoms with Crippen molar-refractivity contribution in [3.63, 3.8) is 0 Å². The maximum atomic E-state index is 14.2. The zero-order valence-electron chi connectivity index (χ0n) is 24.8. The van der Waals surface area contributed by atoms with E-state index in [0.29, 0.717) is 22.1 Å². The third-order valence-corrected chi connectivity index (χ3v) is 7.91. The van der Waals surface area contributed by atoms with Crippen molar-refractivity contribution in [2.24, 2.45) is 0 Å². The van der Waals surface area contributed by atoms with Crippen LogP contribution in [0.5, 0.6) is 11.5 Å². The standard InChI is InChI=1S/C31H38ClN3O6S/c1-31(2,3)33-30(37)26(18-22-12-8-7-9-13-22)34(20-23-14-10-11-15-25(23)32)29(36)21-35(42(6,38)39)24-16-17-27(40-4)28(19-24)41-5/h7-17,19,26H,18,20-21H2,1-6H3,(H,33,37). The molecule has 0 fully saturated rings. The number of methoxy groups -OCH3 is 2. The predicted molar refractivity (Wildman–Crippen MR) is 166 cm³/mol. The fourth-order valence-corrected chi connectivity index (χ4v) is 5.45. The van der Waals surface area contributed by atoms with E-state index in [4.69, 9.17) is 21.1 Å². The number of anilines is 1. The van der Waals surface area contributed by atoms with Crippen molar-refractivity contribution in [1.82, 2.24) is 10.2 Å². The summed E-state index contributed by atoms with van der Waals surface area (Å²) in [7, 11) is -1.04. The van der Waals surface area contributed by atoms with Crippen molar-refractivity contribution in [2.75, 3.05) is 31.3 Å². The van der Waals surface area contributed by atoms with Gasteiger partial charge in [-0.15, -0.1) is 0 Å². The molecule has 0 saturated heterocycles. The second kappa shape index (κ2) is 13.9. The van der Waals surface area contributed by atoms with Gasteiger partial charge in [0.05, 0.1) is 26.2 Å². The molecule has 9 nitrogen and oxygen atoms in total. The van der Waals surface area contributed by atoms with Gasteiger partial charge in [-0.3, -0.25) is 13.9 Å². The number of nitrogens with one attached hydrogen (secondary N) is 1. The third kappa shape index (κ3) is 8.87. The molecular formula is C31H38ClN3O6S. The maximum absolute atomic E-state index is 14.2. The van der Waals surface area contributed by atoms with Gasteiger partial charge in [-0.05, 0) is 50.1 Å². The molecule has 0 aromatic heterocycles. The number of ether oxygens (including phenoxy) is 2. The summed E-state index contributed by atoms with van der Waals surface area (Å²) >= 11 is 6.49. The van der Waals surface area contributed by atoms with Crippen LogP contribution < -0.4 is 19.1 Å². The van der Waals surface area contributed by atoms with Crippen molar-refractivity contribution in [3.8, 4) is 11.5 Å². The van der Waals surface area contributed by atoms with E-state index in [1.165, 1.54) is 31.3 Å². The maximum Gasteiger partial charge on any atom is 0.244 e. The van der Waals surface area contributed by atoms with Crippen LogP contribution in [0.25, 0.3) is 0 Å². The fraction of sp³-hybridized carbons (Fsp3) is 0.355. The minimum absolute atomic E-state index is 0.0168. The van der Waals surface area contributed by atoms with Crippen LogP contribution >= 0.6 is 11.6 Å². The predicted octanol–water partition coefficient (Wildman–Crippen LogP) is 4.68. The van der Waals surface area contributed by atoms with Gasteiger partial charge in [-0.2, -0.15) is 0 Å². The van der Waals surface area contributed by atoms with Crippen molar-refractivity contribution < 1.29 is 27.5 Å². The lowest BCUT2D eigenvalue weighted by Gasteiger charge is -2.35. The fourth-order valence-electron chi connectivity index (χ4n) is 4.41. The molecule has 0 heterocycles. The van der Waals surface area contributed by atoms with Crippen molar-refractivity contribution >= 4 is 39.1 Å². The van der Waals surface area contributed by atoms with Crippen molar-refractivity contribution in [1.29, 1.82) is 0 Å². The third-order valence-electron chi connectivity index (χ3n) is 6.40. The highest BCUT2D eigenvalue weighted by molar-refractivity contribution is 7.92. The molecule has 0 aliphatic heterocycles. The Morgan fingerprint density at radius 1 is 0.929 bits per heavy atom. The second-order valence-corrected chi connectivity index (χ2v) is 13.2. The van der Waals surface area contributed by atoms with E-state index in [2.05, 4.69) is 5.32 Å². The van der Waals surface area contributed by atoms with Gasteiger partial charge in [-0.25, -0.2) is 8.42 Å². The van der Waals surface area contributed by atoms with Crippen molar-refractivity contribution in [3.05, 3.63) is 88.9 Å². The smallest absolute Gasteiger partial charge is 0.244 e. The molecule has 1 N–H and O–H groups in total. The van der Waals surface area contributed by atoms with Gasteiger partial charge >= 0.3 is 0 Å². The molecule has 0 spiro atoms. The number of hydrogen-bond acceptors (Lipinski definition) is 6. The zero-order chi connectivity index (χ0) is 31.1. The zero-order valence-corrected chi connectivity index (χ0v) is 26.3. The molecule has 0 aliphatic rings. The lowest BCUT2D eigenvalue weighted by molar-refractivity contribution is -0.140. The first kappa shape index (κ1) is 32.8. The van der Waals surface area contributed by atoms with Crippen LogP contribution in [0.1, 0.15) is 31.9 Å². The van der Waals surface area contributed by atoms with Gasteiger partial charge in [0.1, 0.15) is 12.6 Å². The molecule has 0 bridgehead atoms. The van der Waals surface area contributed by atoms with Crippen LogP contribution in [0.3, 0.4) is 0 Å². The Balaban J connectivity index is 2.11. The summed E-state index contributed by atoms with van der Waals surface area (Å²) in [4.78, 5) is 29.4. The normalized spacial score (nSPS) is 12.3. The molecule has 2 amide bonds. The molecule has 0 aliphatic carbocycles. The Morgan fingerprint density at radius 3 is 2.12 bits per heavy atom. The molecule has 3 aromatic carbocycles. The van der Waals surface area contributed by atoms with Crippen LogP contribution in [0.15, 0.2) is 72.8 Å². The van der Waals surface area contributed by atoms with E-state index in [9.17, 15) is 18.0 Å². The molecule has 1 atom stereocenters. The van der Waals surface area contributed by atoms with E-state index in [1.807, 2.05) is 51.1 Å². The van der Waals surface area contributed by atoms with E-state index in [-0.39, 0.29) is 24.6 Å². The van der Waals surface area contributed by atoms with Crippen LogP contribution in [-0.2, 0) is 32.6 Å². The number of carbonyl (C=O) groups is 2. The summed E-state index contributed by atoms with van der Waals surface area (Å²) in [5.41, 5.74) is 1.08. The van der Waals surface area contributed by atoms with Crippen LogP contribution in [0.2, 0.25) is 5.02 Å². The number of nitrogens with zero attached hydrogens (tertiary/aromatic N) is 2. The van der Waals surface area contributed by atoms with E-state index < -0.39 is 34.1 Å². The minimum Gasteiger partial charge on any atom is -0.493 e. The Hall–Kier alpha value is -3.76. The Morgan fingerprint density at radius 2 is 1.55 bits per heavy atom. The SMILES string of the molecule is COc1ccc(N(CC(=O)N(Cc2ccccc2Cl)C(Cc2ccccc2)C(=O)NC(C)(C)C)S(C)(=O)=O)cc1OC. The summed E-state index contributed by atoms with van der Waals surface area (Å²) in [6.07, 6.45) is 1.22. The topological polar surface area (TPSA) is 105 Å².